The first kappa shape index (κ1) is 20.8. The Kier molecular flexibility index (Phi) is 6.34. The lowest BCUT2D eigenvalue weighted by molar-refractivity contribution is -0.114. The molecule has 0 radical (unpaired) electrons. The van der Waals surface area contributed by atoms with Crippen LogP contribution in [0.3, 0.4) is 0 Å². The number of hydrogen-bond acceptors (Lipinski definition) is 3. The quantitative estimate of drug-likeness (QED) is 0.261. The van der Waals surface area contributed by atoms with E-state index in [9.17, 15) is 4.79 Å². The molecule has 0 fully saturated rings. The van der Waals surface area contributed by atoms with Crippen LogP contribution in [-0.4, -0.2) is 11.6 Å². The monoisotopic (exact) mass is 572 g/mol. The summed E-state index contributed by atoms with van der Waals surface area (Å²) in [6.07, 6.45) is 1.87. The SMILES string of the molecule is CC1=NN(c2ccccc2)C(=O)/C1=C/c1cc(Br)c(OCc2ccccc2)c(I)c1. The Hall–Kier alpha value is -2.45. The molecule has 0 aromatic heterocycles. The molecule has 0 atom stereocenters. The molecular weight excluding hydrogens is 555 g/mol. The molecule has 4 nitrogen and oxygen atoms in total. The first-order valence-electron chi connectivity index (χ1n) is 9.35. The predicted molar refractivity (Wildman–Crippen MR) is 133 cm³/mol. The fraction of sp³-hybridized carbons (Fsp3) is 0.0833. The number of hydrogen-bond donors (Lipinski definition) is 0. The first-order chi connectivity index (χ1) is 14.5. The summed E-state index contributed by atoms with van der Waals surface area (Å²) >= 11 is 5.87. The molecule has 30 heavy (non-hydrogen) atoms. The van der Waals surface area contributed by atoms with Gasteiger partial charge in [-0.3, -0.25) is 4.79 Å². The van der Waals surface area contributed by atoms with Gasteiger partial charge in [0, 0.05) is 0 Å². The van der Waals surface area contributed by atoms with Crippen LogP contribution in [-0.2, 0) is 11.4 Å². The number of hydrazone groups is 1. The topological polar surface area (TPSA) is 41.9 Å². The van der Waals surface area contributed by atoms with Crippen molar-refractivity contribution >= 4 is 61.9 Å². The minimum atomic E-state index is -0.130. The van der Waals surface area contributed by atoms with Crippen molar-refractivity contribution in [3.8, 4) is 5.75 Å². The molecule has 4 rings (SSSR count). The van der Waals surface area contributed by atoms with Gasteiger partial charge in [0.05, 0.1) is 25.0 Å². The number of rotatable bonds is 5. The van der Waals surface area contributed by atoms with Gasteiger partial charge in [-0.15, -0.1) is 0 Å². The Labute approximate surface area is 197 Å². The highest BCUT2D eigenvalue weighted by atomic mass is 127. The molecule has 3 aromatic carbocycles. The van der Waals surface area contributed by atoms with E-state index in [2.05, 4.69) is 43.6 Å². The van der Waals surface area contributed by atoms with E-state index in [1.54, 1.807) is 0 Å². The molecule has 1 aliphatic rings. The van der Waals surface area contributed by atoms with Gasteiger partial charge in [0.15, 0.2) is 0 Å². The number of ether oxygens (including phenoxy) is 1. The maximum atomic E-state index is 12.9. The average molecular weight is 573 g/mol. The third-order valence-electron chi connectivity index (χ3n) is 4.62. The van der Waals surface area contributed by atoms with Gasteiger partial charge >= 0.3 is 0 Å². The number of anilines is 1. The molecule has 1 heterocycles. The van der Waals surface area contributed by atoms with Gasteiger partial charge in [0.2, 0.25) is 0 Å². The van der Waals surface area contributed by atoms with E-state index >= 15 is 0 Å². The zero-order chi connectivity index (χ0) is 21.1. The summed E-state index contributed by atoms with van der Waals surface area (Å²) in [4.78, 5) is 12.9. The second kappa shape index (κ2) is 9.14. The van der Waals surface area contributed by atoms with Crippen LogP contribution in [0.5, 0.6) is 5.75 Å². The fourth-order valence-electron chi connectivity index (χ4n) is 3.13. The number of nitrogens with zero attached hydrogens (tertiary/aromatic N) is 2. The molecule has 150 valence electrons. The van der Waals surface area contributed by atoms with Crippen LogP contribution in [0.25, 0.3) is 6.08 Å². The van der Waals surface area contributed by atoms with Gasteiger partial charge in [-0.25, -0.2) is 0 Å². The van der Waals surface area contributed by atoms with E-state index in [4.69, 9.17) is 4.74 Å². The Morgan fingerprint density at radius 3 is 2.40 bits per heavy atom. The van der Waals surface area contributed by atoms with E-state index in [0.717, 1.165) is 30.6 Å². The molecule has 1 amide bonds. The highest BCUT2D eigenvalue weighted by Crippen LogP contribution is 2.34. The van der Waals surface area contributed by atoms with E-state index < -0.39 is 0 Å². The van der Waals surface area contributed by atoms with Gasteiger partial charge in [0.1, 0.15) is 12.4 Å². The van der Waals surface area contributed by atoms with E-state index in [1.807, 2.05) is 85.8 Å². The van der Waals surface area contributed by atoms with Crippen LogP contribution < -0.4 is 9.75 Å². The Bertz CT molecular complexity index is 1120. The van der Waals surface area contributed by atoms with Gasteiger partial charge in [0.25, 0.3) is 5.91 Å². The molecule has 0 N–H and O–H groups in total. The van der Waals surface area contributed by atoms with Crippen LogP contribution in [0, 0.1) is 3.57 Å². The van der Waals surface area contributed by atoms with Gasteiger partial charge in [-0.05, 0) is 86.9 Å². The summed E-state index contributed by atoms with van der Waals surface area (Å²) in [6, 6.07) is 23.4. The van der Waals surface area contributed by atoms with Crippen LogP contribution in [0.1, 0.15) is 18.1 Å². The van der Waals surface area contributed by atoms with Crippen LogP contribution in [0.15, 0.2) is 87.9 Å². The molecule has 6 heteroatoms. The molecule has 1 aliphatic heterocycles. The summed E-state index contributed by atoms with van der Waals surface area (Å²) in [5.74, 6) is 0.657. The lowest BCUT2D eigenvalue weighted by atomic mass is 10.1. The van der Waals surface area contributed by atoms with Gasteiger partial charge in [-0.1, -0.05) is 48.5 Å². The first-order valence-corrected chi connectivity index (χ1v) is 11.2. The largest absolute Gasteiger partial charge is 0.487 e. The second-order valence-corrected chi connectivity index (χ2v) is 8.80. The van der Waals surface area contributed by atoms with E-state index in [-0.39, 0.29) is 5.91 Å². The molecule has 0 unspecified atom stereocenters. The van der Waals surface area contributed by atoms with Crippen molar-refractivity contribution in [2.24, 2.45) is 5.10 Å². The molecular formula is C24H18BrIN2O2. The normalized spacial score (nSPS) is 14.9. The third-order valence-corrected chi connectivity index (χ3v) is 6.01. The highest BCUT2D eigenvalue weighted by Gasteiger charge is 2.28. The van der Waals surface area contributed by atoms with Crippen molar-refractivity contribution in [2.75, 3.05) is 5.01 Å². The number of carbonyl (C=O) groups excluding carboxylic acids is 1. The maximum absolute atomic E-state index is 12.9. The molecule has 0 aliphatic carbocycles. The molecule has 0 bridgehead atoms. The molecule has 3 aromatic rings. The van der Waals surface area contributed by atoms with Gasteiger partial charge < -0.3 is 4.74 Å². The summed E-state index contributed by atoms with van der Waals surface area (Å²) < 4.78 is 7.83. The highest BCUT2D eigenvalue weighted by molar-refractivity contribution is 14.1. The molecule has 0 saturated carbocycles. The summed E-state index contributed by atoms with van der Waals surface area (Å²) in [5, 5.41) is 5.88. The third kappa shape index (κ3) is 4.49. The fourth-order valence-corrected chi connectivity index (χ4v) is 4.89. The smallest absolute Gasteiger partial charge is 0.280 e. The lowest BCUT2D eigenvalue weighted by Crippen LogP contribution is -2.21. The summed E-state index contributed by atoms with van der Waals surface area (Å²) in [7, 11) is 0. The van der Waals surface area contributed by atoms with Crippen molar-refractivity contribution in [3.05, 3.63) is 97.5 Å². The Balaban J connectivity index is 1.57. The number of para-hydroxylation sites is 1. The van der Waals surface area contributed by atoms with Crippen molar-refractivity contribution in [2.45, 2.75) is 13.5 Å². The maximum Gasteiger partial charge on any atom is 0.280 e. The standard InChI is InChI=1S/C24H18BrIN2O2/c1-16-20(24(29)28(27-16)19-10-6-3-7-11-19)12-18-13-21(25)23(22(26)14-18)30-15-17-8-4-2-5-9-17/h2-14H,15H2,1H3/b20-12+. The van der Waals surface area contributed by atoms with Gasteiger partial charge in [-0.2, -0.15) is 10.1 Å². The van der Waals surface area contributed by atoms with Crippen LogP contribution in [0.4, 0.5) is 5.69 Å². The number of carbonyl (C=O) groups is 1. The number of amides is 1. The summed E-state index contributed by atoms with van der Waals surface area (Å²) in [6.45, 7) is 2.34. The zero-order valence-corrected chi connectivity index (χ0v) is 19.9. The molecule has 0 spiro atoms. The van der Waals surface area contributed by atoms with E-state index in [0.29, 0.717) is 17.9 Å². The minimum absolute atomic E-state index is 0.130. The van der Waals surface area contributed by atoms with Crippen molar-refractivity contribution in [1.29, 1.82) is 0 Å². The average Bonchev–Trinajstić information content (AvgIpc) is 3.03. The zero-order valence-electron chi connectivity index (χ0n) is 16.2. The van der Waals surface area contributed by atoms with E-state index in [1.165, 1.54) is 5.01 Å². The number of halogens is 2. The Morgan fingerprint density at radius 2 is 1.73 bits per heavy atom. The second-order valence-electron chi connectivity index (χ2n) is 6.78. The van der Waals surface area contributed by atoms with Crippen molar-refractivity contribution < 1.29 is 9.53 Å². The van der Waals surface area contributed by atoms with Crippen molar-refractivity contribution in [1.82, 2.24) is 0 Å². The van der Waals surface area contributed by atoms with Crippen LogP contribution in [0.2, 0.25) is 0 Å². The predicted octanol–water partition coefficient (Wildman–Crippen LogP) is 6.44. The number of benzene rings is 3. The van der Waals surface area contributed by atoms with Crippen LogP contribution >= 0.6 is 38.5 Å². The minimum Gasteiger partial charge on any atom is -0.487 e. The van der Waals surface area contributed by atoms with Crippen molar-refractivity contribution in [3.63, 3.8) is 0 Å². The lowest BCUT2D eigenvalue weighted by Gasteiger charge is -2.12. The summed E-state index contributed by atoms with van der Waals surface area (Å²) in [5.41, 5.74) is 4.05. The Morgan fingerprint density at radius 1 is 1.07 bits per heavy atom. The molecule has 0 saturated heterocycles.